The molecule has 1 fully saturated rings. The first kappa shape index (κ1) is 19.3. The third-order valence-electron chi connectivity index (χ3n) is 5.57. The highest BCUT2D eigenvalue weighted by molar-refractivity contribution is 5.81. The lowest BCUT2D eigenvalue weighted by molar-refractivity contribution is 0.243. The Morgan fingerprint density at radius 3 is 2.52 bits per heavy atom. The summed E-state index contributed by atoms with van der Waals surface area (Å²) in [6.45, 7) is 1.62. The second-order valence-corrected chi connectivity index (χ2v) is 7.19. The van der Waals surface area contributed by atoms with Gasteiger partial charge in [0.05, 0.1) is 21.3 Å². The molecule has 0 spiro atoms. The van der Waals surface area contributed by atoms with Crippen LogP contribution in [0.1, 0.15) is 30.0 Å². The van der Waals surface area contributed by atoms with Crippen LogP contribution in [-0.4, -0.2) is 32.8 Å². The average molecular weight is 395 g/mol. The van der Waals surface area contributed by atoms with Crippen LogP contribution < -0.4 is 19.8 Å². The van der Waals surface area contributed by atoms with Crippen LogP contribution in [0.15, 0.2) is 51.7 Å². The summed E-state index contributed by atoms with van der Waals surface area (Å²) in [5.74, 6) is 2.26. The Balaban J connectivity index is 1.68. The molecule has 4 rings (SSSR count). The molecule has 29 heavy (non-hydrogen) atoms. The highest BCUT2D eigenvalue weighted by atomic mass is 16.5. The van der Waals surface area contributed by atoms with E-state index in [4.69, 9.17) is 18.6 Å². The van der Waals surface area contributed by atoms with Gasteiger partial charge in [-0.15, -0.1) is 0 Å². The van der Waals surface area contributed by atoms with E-state index < -0.39 is 0 Å². The number of methoxy groups -OCH3 is 3. The highest BCUT2D eigenvalue weighted by Crippen LogP contribution is 2.39. The van der Waals surface area contributed by atoms with E-state index in [2.05, 4.69) is 11.0 Å². The first-order chi connectivity index (χ1) is 14.1. The molecule has 0 unspecified atom stereocenters. The minimum Gasteiger partial charge on any atom is -0.497 e. The lowest BCUT2D eigenvalue weighted by atomic mass is 10.0. The maximum absolute atomic E-state index is 12.1. The van der Waals surface area contributed by atoms with E-state index in [1.807, 2.05) is 24.3 Å². The maximum Gasteiger partial charge on any atom is 0.336 e. The fourth-order valence-electron chi connectivity index (χ4n) is 4.15. The molecule has 152 valence electrons. The van der Waals surface area contributed by atoms with Crippen LogP contribution in [0.25, 0.3) is 11.0 Å². The third kappa shape index (κ3) is 3.80. The topological polar surface area (TPSA) is 61.1 Å². The van der Waals surface area contributed by atoms with Crippen molar-refractivity contribution in [1.29, 1.82) is 0 Å². The molecule has 0 radical (unpaired) electrons. The van der Waals surface area contributed by atoms with E-state index >= 15 is 0 Å². The van der Waals surface area contributed by atoms with Gasteiger partial charge in [-0.05, 0) is 43.1 Å². The van der Waals surface area contributed by atoms with Crippen molar-refractivity contribution in [1.82, 2.24) is 4.90 Å². The Labute approximate surface area is 169 Å². The summed E-state index contributed by atoms with van der Waals surface area (Å²) in [5.41, 5.74) is 2.29. The summed E-state index contributed by atoms with van der Waals surface area (Å²) in [5, 5.41) is 0.928. The number of rotatable bonds is 6. The van der Waals surface area contributed by atoms with E-state index in [0.717, 1.165) is 47.4 Å². The first-order valence-corrected chi connectivity index (χ1v) is 9.69. The Morgan fingerprint density at radius 1 is 1.00 bits per heavy atom. The molecule has 6 nitrogen and oxygen atoms in total. The van der Waals surface area contributed by atoms with E-state index in [-0.39, 0.29) is 11.7 Å². The van der Waals surface area contributed by atoms with Crippen molar-refractivity contribution in [3.05, 3.63) is 64.0 Å². The fourth-order valence-corrected chi connectivity index (χ4v) is 4.15. The molecule has 6 heteroatoms. The van der Waals surface area contributed by atoms with Crippen molar-refractivity contribution in [3.63, 3.8) is 0 Å². The zero-order valence-corrected chi connectivity index (χ0v) is 16.9. The molecular formula is C23H25NO5. The predicted molar refractivity (Wildman–Crippen MR) is 111 cm³/mol. The molecule has 3 aromatic rings. The molecule has 1 aliphatic rings. The summed E-state index contributed by atoms with van der Waals surface area (Å²) < 4.78 is 21.6. The van der Waals surface area contributed by atoms with Gasteiger partial charge in [-0.2, -0.15) is 0 Å². The number of hydrogen-bond acceptors (Lipinski definition) is 6. The number of fused-ring (bicyclic) bond motifs is 1. The largest absolute Gasteiger partial charge is 0.497 e. The fraction of sp³-hybridized carbons (Fsp3) is 0.348. The Kier molecular flexibility index (Phi) is 5.45. The normalized spacial score (nSPS) is 16.9. The van der Waals surface area contributed by atoms with Gasteiger partial charge in [0.25, 0.3) is 0 Å². The number of nitrogens with zero attached hydrogens (tertiary/aromatic N) is 1. The molecular weight excluding hydrogens is 370 g/mol. The van der Waals surface area contributed by atoms with Gasteiger partial charge in [-0.3, -0.25) is 4.90 Å². The number of hydrogen-bond donors (Lipinski definition) is 0. The van der Waals surface area contributed by atoms with Crippen LogP contribution in [0.4, 0.5) is 0 Å². The van der Waals surface area contributed by atoms with Gasteiger partial charge in [-0.25, -0.2) is 4.79 Å². The van der Waals surface area contributed by atoms with E-state index in [9.17, 15) is 4.79 Å². The summed E-state index contributed by atoms with van der Waals surface area (Å²) in [4.78, 5) is 14.5. The lowest BCUT2D eigenvalue weighted by Crippen LogP contribution is -2.24. The van der Waals surface area contributed by atoms with Crippen molar-refractivity contribution in [3.8, 4) is 17.2 Å². The number of likely N-dealkylation sites (tertiary alicyclic amines) is 1. The zero-order valence-electron chi connectivity index (χ0n) is 16.9. The molecule has 0 saturated carbocycles. The van der Waals surface area contributed by atoms with E-state index in [1.54, 1.807) is 33.5 Å². The summed E-state index contributed by atoms with van der Waals surface area (Å²) in [6, 6.07) is 13.4. The molecule has 1 saturated heterocycles. The van der Waals surface area contributed by atoms with Crippen molar-refractivity contribution < 1.29 is 18.6 Å². The van der Waals surface area contributed by atoms with Crippen LogP contribution in [0.5, 0.6) is 17.2 Å². The smallest absolute Gasteiger partial charge is 0.336 e. The van der Waals surface area contributed by atoms with Crippen molar-refractivity contribution >= 4 is 11.0 Å². The highest BCUT2D eigenvalue weighted by Gasteiger charge is 2.29. The standard InChI is InChI=1S/C23H25NO5/c1-26-16-7-9-19(21(12-16)28-3)20-5-4-10-24(20)14-15-11-23(25)29-22-13-17(27-2)6-8-18(15)22/h6-9,11-13,20H,4-5,10,14H2,1-3H3/t20-/m1/s1. The summed E-state index contributed by atoms with van der Waals surface area (Å²) >= 11 is 0. The molecule has 1 atom stereocenters. The minimum atomic E-state index is -0.349. The number of ether oxygens (including phenoxy) is 3. The minimum absolute atomic E-state index is 0.219. The molecule has 0 aliphatic carbocycles. The van der Waals surface area contributed by atoms with Gasteiger partial charge < -0.3 is 18.6 Å². The van der Waals surface area contributed by atoms with Gasteiger partial charge in [0.1, 0.15) is 22.8 Å². The second kappa shape index (κ2) is 8.17. The van der Waals surface area contributed by atoms with Gasteiger partial charge in [-0.1, -0.05) is 6.07 Å². The van der Waals surface area contributed by atoms with Crippen LogP contribution in [0, 0.1) is 0 Å². The third-order valence-corrected chi connectivity index (χ3v) is 5.57. The van der Waals surface area contributed by atoms with E-state index in [1.165, 1.54) is 0 Å². The maximum atomic E-state index is 12.1. The Hall–Kier alpha value is -2.99. The van der Waals surface area contributed by atoms with Gasteiger partial charge in [0, 0.05) is 41.7 Å². The first-order valence-electron chi connectivity index (χ1n) is 9.69. The molecule has 1 aliphatic heterocycles. The molecule has 2 aromatic carbocycles. The molecule has 0 N–H and O–H groups in total. The Morgan fingerprint density at radius 2 is 1.76 bits per heavy atom. The average Bonchev–Trinajstić information content (AvgIpc) is 3.20. The summed E-state index contributed by atoms with van der Waals surface area (Å²) in [7, 11) is 4.93. The van der Waals surface area contributed by atoms with Crippen molar-refractivity contribution in [2.24, 2.45) is 0 Å². The lowest BCUT2D eigenvalue weighted by Gasteiger charge is -2.26. The van der Waals surface area contributed by atoms with Crippen molar-refractivity contribution in [2.45, 2.75) is 25.4 Å². The molecule has 0 amide bonds. The monoisotopic (exact) mass is 395 g/mol. The molecule has 0 bridgehead atoms. The molecule has 1 aromatic heterocycles. The zero-order chi connectivity index (χ0) is 20.4. The van der Waals surface area contributed by atoms with Crippen LogP contribution in [-0.2, 0) is 6.54 Å². The van der Waals surface area contributed by atoms with Crippen molar-refractivity contribution in [2.75, 3.05) is 27.9 Å². The van der Waals surface area contributed by atoms with Gasteiger partial charge in [0.2, 0.25) is 0 Å². The second-order valence-electron chi connectivity index (χ2n) is 7.19. The van der Waals surface area contributed by atoms with E-state index in [0.29, 0.717) is 17.9 Å². The van der Waals surface area contributed by atoms with Gasteiger partial charge in [0.15, 0.2) is 0 Å². The van der Waals surface area contributed by atoms with Crippen LogP contribution in [0.3, 0.4) is 0 Å². The summed E-state index contributed by atoms with van der Waals surface area (Å²) in [6.07, 6.45) is 2.13. The molecule has 2 heterocycles. The van der Waals surface area contributed by atoms with Crippen LogP contribution >= 0.6 is 0 Å². The Bertz CT molecular complexity index is 1070. The van der Waals surface area contributed by atoms with Gasteiger partial charge >= 0.3 is 5.63 Å². The quantitative estimate of drug-likeness (QED) is 0.584. The number of benzene rings is 2. The SMILES string of the molecule is COc1ccc([C@H]2CCCN2Cc2cc(=O)oc3cc(OC)ccc23)c(OC)c1. The van der Waals surface area contributed by atoms with Crippen LogP contribution in [0.2, 0.25) is 0 Å². The predicted octanol–water partition coefficient (Wildman–Crippen LogP) is 4.16.